The molecule has 0 saturated carbocycles. The SMILES string of the molecule is Cl.Cl.O=C(NCc1ccc(F)nc1)c1cc(NC(=O)c2cc(F)c(F)cc2Cl)n[nH]1. The zero-order valence-electron chi connectivity index (χ0n) is 14.7. The Kier molecular flexibility index (Phi) is 9.09. The maximum atomic E-state index is 13.3. The molecule has 2 aromatic heterocycles. The first-order valence-electron chi connectivity index (χ1n) is 7.73. The van der Waals surface area contributed by atoms with Gasteiger partial charge in [-0.15, -0.1) is 24.8 Å². The number of nitrogens with one attached hydrogen (secondary N) is 3. The lowest BCUT2D eigenvalue weighted by molar-refractivity contribution is 0.0945. The molecule has 0 spiro atoms. The van der Waals surface area contributed by atoms with Crippen LogP contribution in [0.1, 0.15) is 26.4 Å². The van der Waals surface area contributed by atoms with Gasteiger partial charge < -0.3 is 10.6 Å². The fraction of sp³-hybridized carbons (Fsp3) is 0.0588. The molecule has 0 aliphatic rings. The minimum absolute atomic E-state index is 0. The molecule has 3 aromatic rings. The molecule has 0 fully saturated rings. The first kappa shape index (κ1) is 25.2. The minimum Gasteiger partial charge on any atom is -0.347 e. The van der Waals surface area contributed by atoms with Crippen LogP contribution in [0, 0.1) is 17.6 Å². The largest absolute Gasteiger partial charge is 0.347 e. The van der Waals surface area contributed by atoms with Crippen molar-refractivity contribution >= 4 is 54.0 Å². The number of rotatable bonds is 5. The van der Waals surface area contributed by atoms with Gasteiger partial charge in [-0.05, 0) is 23.8 Å². The van der Waals surface area contributed by atoms with Gasteiger partial charge in [0, 0.05) is 18.8 Å². The number of halogens is 6. The molecule has 3 N–H and O–H groups in total. The van der Waals surface area contributed by atoms with Crippen LogP contribution in [0.2, 0.25) is 5.02 Å². The van der Waals surface area contributed by atoms with Crippen molar-refractivity contribution in [3.8, 4) is 0 Å². The van der Waals surface area contributed by atoms with E-state index in [0.29, 0.717) is 17.7 Å². The normalized spacial score (nSPS) is 9.87. The van der Waals surface area contributed by atoms with Gasteiger partial charge >= 0.3 is 0 Å². The van der Waals surface area contributed by atoms with E-state index in [1.807, 2.05) is 0 Å². The quantitative estimate of drug-likeness (QED) is 0.379. The number of aromatic amines is 1. The summed E-state index contributed by atoms with van der Waals surface area (Å²) in [5, 5.41) is 10.8. The van der Waals surface area contributed by atoms with Crippen LogP contribution in [0.25, 0.3) is 0 Å². The molecule has 1 aromatic carbocycles. The first-order chi connectivity index (χ1) is 13.3. The van der Waals surface area contributed by atoms with E-state index in [2.05, 4.69) is 25.8 Å². The van der Waals surface area contributed by atoms with Gasteiger partial charge in [0.15, 0.2) is 17.5 Å². The van der Waals surface area contributed by atoms with E-state index in [0.717, 1.165) is 6.07 Å². The number of aromatic nitrogens is 3. The summed E-state index contributed by atoms with van der Waals surface area (Å²) in [5.41, 5.74) is 0.316. The molecule has 0 aliphatic heterocycles. The van der Waals surface area contributed by atoms with Crippen molar-refractivity contribution < 1.29 is 22.8 Å². The van der Waals surface area contributed by atoms with Crippen LogP contribution in [0.3, 0.4) is 0 Å². The van der Waals surface area contributed by atoms with Crippen LogP contribution in [0.15, 0.2) is 36.5 Å². The van der Waals surface area contributed by atoms with Gasteiger partial charge in [0.2, 0.25) is 5.95 Å². The average Bonchev–Trinajstić information content (AvgIpc) is 3.12. The van der Waals surface area contributed by atoms with Crippen molar-refractivity contribution in [2.24, 2.45) is 0 Å². The van der Waals surface area contributed by atoms with Crippen LogP contribution < -0.4 is 10.6 Å². The molecule has 0 aliphatic carbocycles. The molecule has 13 heteroatoms. The molecule has 0 saturated heterocycles. The van der Waals surface area contributed by atoms with Gasteiger partial charge in [0.25, 0.3) is 11.8 Å². The van der Waals surface area contributed by atoms with E-state index in [1.54, 1.807) is 0 Å². The number of pyridine rings is 1. The summed E-state index contributed by atoms with van der Waals surface area (Å²) in [7, 11) is 0. The third kappa shape index (κ3) is 6.09. The molecule has 3 rings (SSSR count). The molecule has 7 nitrogen and oxygen atoms in total. The van der Waals surface area contributed by atoms with Crippen molar-refractivity contribution in [3.05, 3.63) is 76.0 Å². The fourth-order valence-electron chi connectivity index (χ4n) is 2.17. The van der Waals surface area contributed by atoms with Crippen LogP contribution in [-0.4, -0.2) is 27.0 Å². The second-order valence-corrected chi connectivity index (χ2v) is 5.95. The van der Waals surface area contributed by atoms with Gasteiger partial charge in [-0.2, -0.15) is 9.49 Å². The number of anilines is 1. The number of nitrogens with zero attached hydrogens (tertiary/aromatic N) is 2. The molecule has 30 heavy (non-hydrogen) atoms. The van der Waals surface area contributed by atoms with E-state index in [4.69, 9.17) is 11.6 Å². The number of amides is 2. The molecular formula is C17H13Cl3F3N5O2. The number of carbonyl (C=O) groups is 2. The molecular weight excluding hydrogens is 470 g/mol. The van der Waals surface area contributed by atoms with Gasteiger partial charge in [0.1, 0.15) is 5.69 Å². The lowest BCUT2D eigenvalue weighted by atomic mass is 10.2. The predicted molar refractivity (Wildman–Crippen MR) is 108 cm³/mol. The summed E-state index contributed by atoms with van der Waals surface area (Å²) in [6, 6.07) is 5.20. The standard InChI is InChI=1S/C17H11ClF3N5O2.2ClH/c18-10-4-12(20)11(19)3-9(10)16(27)24-15-5-13(25-26-15)17(28)23-7-8-1-2-14(21)22-6-8;;/h1-6H,7H2,(H,23,28)(H2,24,25,26,27);2*1H. The monoisotopic (exact) mass is 481 g/mol. The number of H-pyrrole nitrogens is 1. The Bertz CT molecular complexity index is 1050. The van der Waals surface area contributed by atoms with Crippen molar-refractivity contribution in [1.82, 2.24) is 20.5 Å². The van der Waals surface area contributed by atoms with Crippen LogP contribution >= 0.6 is 36.4 Å². The highest BCUT2D eigenvalue weighted by Crippen LogP contribution is 2.21. The third-order valence-corrected chi connectivity index (χ3v) is 3.87. The maximum Gasteiger partial charge on any atom is 0.269 e. The van der Waals surface area contributed by atoms with Gasteiger partial charge in [0.05, 0.1) is 10.6 Å². The van der Waals surface area contributed by atoms with Crippen molar-refractivity contribution in [1.29, 1.82) is 0 Å². The van der Waals surface area contributed by atoms with E-state index in [9.17, 15) is 22.8 Å². The summed E-state index contributed by atoms with van der Waals surface area (Å²) in [6.07, 6.45) is 1.28. The lowest BCUT2D eigenvalue weighted by Gasteiger charge is -2.05. The third-order valence-electron chi connectivity index (χ3n) is 3.56. The summed E-state index contributed by atoms with van der Waals surface area (Å²) in [4.78, 5) is 27.7. The average molecular weight is 483 g/mol. The number of hydrogen-bond donors (Lipinski definition) is 3. The Morgan fingerprint density at radius 3 is 2.40 bits per heavy atom. The van der Waals surface area contributed by atoms with Crippen LogP contribution in [0.4, 0.5) is 19.0 Å². The Hall–Kier alpha value is -2.82. The lowest BCUT2D eigenvalue weighted by Crippen LogP contribution is -2.23. The molecule has 2 amide bonds. The van der Waals surface area contributed by atoms with Crippen molar-refractivity contribution in [2.45, 2.75) is 6.54 Å². The van der Waals surface area contributed by atoms with Gasteiger partial charge in [-0.25, -0.2) is 13.8 Å². The van der Waals surface area contributed by atoms with Gasteiger partial charge in [-0.1, -0.05) is 17.7 Å². The summed E-state index contributed by atoms with van der Waals surface area (Å²) < 4.78 is 39.1. The van der Waals surface area contributed by atoms with Crippen LogP contribution in [0.5, 0.6) is 0 Å². The van der Waals surface area contributed by atoms with E-state index in [1.165, 1.54) is 18.3 Å². The predicted octanol–water partition coefficient (Wildman–Crippen LogP) is 3.90. The van der Waals surface area contributed by atoms with E-state index < -0.39 is 29.4 Å². The number of hydrogen-bond acceptors (Lipinski definition) is 4. The molecule has 160 valence electrons. The Morgan fingerprint density at radius 2 is 1.73 bits per heavy atom. The zero-order chi connectivity index (χ0) is 20.3. The first-order valence-corrected chi connectivity index (χ1v) is 8.11. The summed E-state index contributed by atoms with van der Waals surface area (Å²) in [5.74, 6) is -4.45. The highest BCUT2D eigenvalue weighted by atomic mass is 35.5. The Balaban J connectivity index is 0.00000225. The molecule has 0 atom stereocenters. The van der Waals surface area contributed by atoms with E-state index in [-0.39, 0.29) is 53.5 Å². The summed E-state index contributed by atoms with van der Waals surface area (Å²) in [6.45, 7) is 0.0945. The van der Waals surface area contributed by atoms with Crippen molar-refractivity contribution in [3.63, 3.8) is 0 Å². The molecule has 0 unspecified atom stereocenters. The molecule has 0 radical (unpaired) electrons. The summed E-state index contributed by atoms with van der Waals surface area (Å²) >= 11 is 5.74. The van der Waals surface area contributed by atoms with Crippen LogP contribution in [-0.2, 0) is 6.54 Å². The molecule has 2 heterocycles. The number of benzene rings is 1. The maximum absolute atomic E-state index is 13.3. The van der Waals surface area contributed by atoms with E-state index >= 15 is 0 Å². The Labute approximate surface area is 185 Å². The molecule has 0 bridgehead atoms. The highest BCUT2D eigenvalue weighted by molar-refractivity contribution is 6.34. The topological polar surface area (TPSA) is 99.8 Å². The van der Waals surface area contributed by atoms with Crippen molar-refractivity contribution in [2.75, 3.05) is 5.32 Å². The number of carbonyl (C=O) groups excluding carboxylic acids is 2. The second-order valence-electron chi connectivity index (χ2n) is 5.54. The fourth-order valence-corrected chi connectivity index (χ4v) is 2.41. The highest BCUT2D eigenvalue weighted by Gasteiger charge is 2.17. The minimum atomic E-state index is -1.23. The second kappa shape index (κ2) is 10.8. The smallest absolute Gasteiger partial charge is 0.269 e. The Morgan fingerprint density at radius 1 is 1.03 bits per heavy atom. The zero-order valence-corrected chi connectivity index (χ0v) is 17.1. The van der Waals surface area contributed by atoms with Gasteiger partial charge in [-0.3, -0.25) is 14.7 Å².